The topological polar surface area (TPSA) is 58.6 Å². The van der Waals surface area contributed by atoms with E-state index in [0.29, 0.717) is 18.0 Å². The standard InChI is InChI=1S/C31H33FN2O3/c1-20-6-5-9-24(18-20)29-28-19-27(37-21(2)30(35)33-26-13-11-25(32)12-14-26)15-10-22(28)16-17-34(29)31(36)23-7-3-4-8-23/h5-6,9-15,18-19,21,23,29H,3-4,7-8,16-17H2,1-2H3,(H,33,35). The average molecular weight is 501 g/mol. The van der Waals surface area contributed by atoms with Gasteiger partial charge in [0, 0.05) is 18.2 Å². The first-order valence-corrected chi connectivity index (χ1v) is 13.1. The van der Waals surface area contributed by atoms with Gasteiger partial charge in [-0.2, -0.15) is 0 Å². The lowest BCUT2D eigenvalue weighted by Gasteiger charge is -2.39. The molecule has 2 amide bonds. The molecule has 1 aliphatic carbocycles. The third-order valence-corrected chi connectivity index (χ3v) is 7.48. The van der Waals surface area contributed by atoms with Crippen molar-refractivity contribution < 1.29 is 18.7 Å². The molecule has 6 heteroatoms. The lowest BCUT2D eigenvalue weighted by atomic mass is 9.86. The Bertz CT molecular complexity index is 1280. The van der Waals surface area contributed by atoms with Gasteiger partial charge in [0.05, 0.1) is 6.04 Å². The molecule has 3 aromatic carbocycles. The Kier molecular flexibility index (Phi) is 7.26. The van der Waals surface area contributed by atoms with E-state index in [1.54, 1.807) is 6.92 Å². The predicted octanol–water partition coefficient (Wildman–Crippen LogP) is 6.20. The van der Waals surface area contributed by atoms with E-state index >= 15 is 0 Å². The van der Waals surface area contributed by atoms with Gasteiger partial charge in [-0.25, -0.2) is 4.39 Å². The molecule has 2 aliphatic rings. The van der Waals surface area contributed by atoms with Crippen LogP contribution in [0.4, 0.5) is 10.1 Å². The highest BCUT2D eigenvalue weighted by Crippen LogP contribution is 2.40. The van der Waals surface area contributed by atoms with Crippen LogP contribution in [0, 0.1) is 18.7 Å². The number of anilines is 1. The zero-order chi connectivity index (χ0) is 25.9. The van der Waals surface area contributed by atoms with Gasteiger partial charge in [0.2, 0.25) is 5.91 Å². The highest BCUT2D eigenvalue weighted by molar-refractivity contribution is 5.94. The number of halogens is 1. The molecule has 1 heterocycles. The molecular weight excluding hydrogens is 467 g/mol. The first-order valence-electron chi connectivity index (χ1n) is 13.1. The number of nitrogens with zero attached hydrogens (tertiary/aromatic N) is 1. The van der Waals surface area contributed by atoms with Crippen LogP contribution < -0.4 is 10.1 Å². The van der Waals surface area contributed by atoms with Crippen molar-refractivity contribution >= 4 is 17.5 Å². The van der Waals surface area contributed by atoms with Gasteiger partial charge in [0.25, 0.3) is 5.91 Å². The minimum atomic E-state index is -0.764. The molecule has 5 rings (SSSR count). The van der Waals surface area contributed by atoms with Crippen LogP contribution in [0.3, 0.4) is 0 Å². The molecule has 0 aromatic heterocycles. The van der Waals surface area contributed by atoms with Crippen molar-refractivity contribution in [2.45, 2.75) is 58.1 Å². The SMILES string of the molecule is Cc1cccc(C2c3cc(OC(C)C(=O)Nc4ccc(F)cc4)ccc3CCN2C(=O)C2CCCC2)c1. The Balaban J connectivity index is 1.41. The van der Waals surface area contributed by atoms with Gasteiger partial charge >= 0.3 is 0 Å². The van der Waals surface area contributed by atoms with Crippen LogP contribution in [0.25, 0.3) is 0 Å². The van der Waals surface area contributed by atoms with Gasteiger partial charge in [-0.15, -0.1) is 0 Å². The van der Waals surface area contributed by atoms with Crippen molar-refractivity contribution in [2.24, 2.45) is 5.92 Å². The zero-order valence-corrected chi connectivity index (χ0v) is 21.4. The summed E-state index contributed by atoms with van der Waals surface area (Å²) in [5, 5.41) is 2.76. The lowest BCUT2D eigenvalue weighted by Crippen LogP contribution is -2.43. The molecule has 1 aliphatic heterocycles. The summed E-state index contributed by atoms with van der Waals surface area (Å²) >= 11 is 0. The summed E-state index contributed by atoms with van der Waals surface area (Å²) in [6, 6.07) is 19.7. The highest BCUT2D eigenvalue weighted by Gasteiger charge is 2.36. The second-order valence-electron chi connectivity index (χ2n) is 10.2. The number of rotatable bonds is 6. The summed E-state index contributed by atoms with van der Waals surface area (Å²) in [4.78, 5) is 28.4. The number of aryl methyl sites for hydroxylation is 1. The summed E-state index contributed by atoms with van der Waals surface area (Å²) < 4.78 is 19.2. The van der Waals surface area contributed by atoms with Crippen molar-refractivity contribution in [3.05, 3.63) is 94.8 Å². The smallest absolute Gasteiger partial charge is 0.265 e. The maximum Gasteiger partial charge on any atom is 0.265 e. The molecule has 192 valence electrons. The lowest BCUT2D eigenvalue weighted by molar-refractivity contribution is -0.137. The van der Waals surface area contributed by atoms with Crippen molar-refractivity contribution in [3.8, 4) is 5.75 Å². The number of ether oxygens (including phenoxy) is 1. The third kappa shape index (κ3) is 5.53. The van der Waals surface area contributed by atoms with E-state index < -0.39 is 6.10 Å². The highest BCUT2D eigenvalue weighted by atomic mass is 19.1. The largest absolute Gasteiger partial charge is 0.481 e. The molecule has 3 aromatic rings. The molecule has 1 fully saturated rings. The minimum absolute atomic E-state index is 0.100. The summed E-state index contributed by atoms with van der Waals surface area (Å²) in [6.07, 6.45) is 4.19. The molecule has 0 spiro atoms. The Morgan fingerprint density at radius 1 is 1.03 bits per heavy atom. The van der Waals surface area contributed by atoms with Crippen molar-refractivity contribution in [1.82, 2.24) is 4.90 Å². The normalized spacial score (nSPS) is 18.2. The summed E-state index contributed by atoms with van der Waals surface area (Å²) in [5.41, 5.74) is 4.99. The number of fused-ring (bicyclic) bond motifs is 1. The first kappa shape index (κ1) is 25.0. The van der Waals surface area contributed by atoms with Crippen LogP contribution in [0.15, 0.2) is 66.7 Å². The number of benzene rings is 3. The predicted molar refractivity (Wildman–Crippen MR) is 142 cm³/mol. The van der Waals surface area contributed by atoms with Crippen LogP contribution in [-0.2, 0) is 16.0 Å². The Labute approximate surface area is 217 Å². The van der Waals surface area contributed by atoms with E-state index in [0.717, 1.165) is 48.8 Å². The van der Waals surface area contributed by atoms with E-state index in [2.05, 4.69) is 41.4 Å². The summed E-state index contributed by atoms with van der Waals surface area (Å²) in [5.74, 6) is 0.238. The molecule has 37 heavy (non-hydrogen) atoms. The van der Waals surface area contributed by atoms with E-state index in [9.17, 15) is 14.0 Å². The monoisotopic (exact) mass is 500 g/mol. The Hall–Kier alpha value is -3.67. The van der Waals surface area contributed by atoms with Gasteiger partial charge in [-0.05, 0) is 86.2 Å². The number of amides is 2. The number of nitrogens with one attached hydrogen (secondary N) is 1. The molecule has 1 saturated carbocycles. The molecular formula is C31H33FN2O3. The molecule has 0 bridgehead atoms. The fourth-order valence-electron chi connectivity index (χ4n) is 5.55. The van der Waals surface area contributed by atoms with E-state index in [4.69, 9.17) is 4.74 Å². The molecule has 0 saturated heterocycles. The van der Waals surface area contributed by atoms with Crippen molar-refractivity contribution in [3.63, 3.8) is 0 Å². The van der Waals surface area contributed by atoms with Gasteiger partial charge in [-0.1, -0.05) is 48.7 Å². The second kappa shape index (κ2) is 10.8. The van der Waals surface area contributed by atoms with Gasteiger partial charge in [0.1, 0.15) is 11.6 Å². The van der Waals surface area contributed by atoms with Crippen LogP contribution in [0.2, 0.25) is 0 Å². The summed E-state index contributed by atoms with van der Waals surface area (Å²) in [6.45, 7) is 4.45. The quantitative estimate of drug-likeness (QED) is 0.438. The van der Waals surface area contributed by atoms with E-state index in [1.165, 1.54) is 29.8 Å². The fraction of sp³-hybridized carbons (Fsp3) is 0.355. The van der Waals surface area contributed by atoms with E-state index in [-0.39, 0.29) is 29.6 Å². The van der Waals surface area contributed by atoms with Crippen LogP contribution in [0.1, 0.15) is 60.9 Å². The minimum Gasteiger partial charge on any atom is -0.481 e. The fourth-order valence-corrected chi connectivity index (χ4v) is 5.55. The third-order valence-electron chi connectivity index (χ3n) is 7.48. The molecule has 2 unspecified atom stereocenters. The summed E-state index contributed by atoms with van der Waals surface area (Å²) in [7, 11) is 0. The molecule has 0 radical (unpaired) electrons. The Morgan fingerprint density at radius 3 is 2.51 bits per heavy atom. The van der Waals surface area contributed by atoms with Crippen molar-refractivity contribution in [1.29, 1.82) is 0 Å². The Morgan fingerprint density at radius 2 is 1.78 bits per heavy atom. The zero-order valence-electron chi connectivity index (χ0n) is 21.4. The van der Waals surface area contributed by atoms with Gasteiger partial charge < -0.3 is 15.0 Å². The number of hydrogen-bond donors (Lipinski definition) is 1. The number of hydrogen-bond acceptors (Lipinski definition) is 3. The van der Waals surface area contributed by atoms with Crippen molar-refractivity contribution in [2.75, 3.05) is 11.9 Å². The average Bonchev–Trinajstić information content (AvgIpc) is 3.44. The maximum atomic E-state index is 13.6. The van der Waals surface area contributed by atoms with E-state index in [1.807, 2.05) is 18.2 Å². The molecule has 2 atom stereocenters. The molecule has 5 nitrogen and oxygen atoms in total. The number of carbonyl (C=O) groups is 2. The van der Waals surface area contributed by atoms with Crippen LogP contribution in [0.5, 0.6) is 5.75 Å². The number of carbonyl (C=O) groups excluding carboxylic acids is 2. The van der Waals surface area contributed by atoms with Gasteiger partial charge in [0.15, 0.2) is 6.10 Å². The van der Waals surface area contributed by atoms with Crippen LogP contribution in [-0.4, -0.2) is 29.4 Å². The molecule has 1 N–H and O–H groups in total. The maximum absolute atomic E-state index is 13.6. The second-order valence-corrected chi connectivity index (χ2v) is 10.2. The van der Waals surface area contributed by atoms with Crippen LogP contribution >= 0.6 is 0 Å². The van der Waals surface area contributed by atoms with Gasteiger partial charge in [-0.3, -0.25) is 9.59 Å². The first-order chi connectivity index (χ1) is 17.9.